The van der Waals surface area contributed by atoms with E-state index in [9.17, 15) is 35.9 Å². The van der Waals surface area contributed by atoms with Crippen molar-refractivity contribution in [1.29, 1.82) is 0 Å². The third-order valence-corrected chi connectivity index (χ3v) is 7.53. The molecule has 0 radical (unpaired) electrons. The third-order valence-electron chi connectivity index (χ3n) is 6.53. The van der Waals surface area contributed by atoms with Crippen LogP contribution < -0.4 is 4.74 Å². The zero-order chi connectivity index (χ0) is 28.7. The highest BCUT2D eigenvalue weighted by atomic mass is 32.1. The largest absolute Gasteiger partial charge is 0.435 e. The molecule has 40 heavy (non-hydrogen) atoms. The highest BCUT2D eigenvalue weighted by Crippen LogP contribution is 2.36. The first-order valence-electron chi connectivity index (χ1n) is 12.1. The maximum absolute atomic E-state index is 13.2. The van der Waals surface area contributed by atoms with E-state index < -0.39 is 42.2 Å². The number of likely N-dealkylation sites (tertiary alicyclic amines) is 1. The molecule has 3 heterocycles. The van der Waals surface area contributed by atoms with E-state index in [1.54, 1.807) is 17.5 Å². The summed E-state index contributed by atoms with van der Waals surface area (Å²) in [7, 11) is 0. The first kappa shape index (κ1) is 27.6. The summed E-state index contributed by atoms with van der Waals surface area (Å²) in [5, 5.41) is 6.90. The number of hydrogen-bond donors (Lipinski definition) is 0. The van der Waals surface area contributed by atoms with Crippen molar-refractivity contribution >= 4 is 34.0 Å². The third kappa shape index (κ3) is 5.81. The van der Waals surface area contributed by atoms with E-state index in [1.807, 2.05) is 30.3 Å². The predicted molar refractivity (Wildman–Crippen MR) is 132 cm³/mol. The summed E-state index contributed by atoms with van der Waals surface area (Å²) in [6, 6.07) is 12.7. The van der Waals surface area contributed by atoms with Crippen LogP contribution in [0.2, 0.25) is 0 Å². The highest BCUT2D eigenvalue weighted by molar-refractivity contribution is 7.09. The van der Waals surface area contributed by atoms with Gasteiger partial charge in [0.15, 0.2) is 11.4 Å². The monoisotopic (exact) mass is 582 g/mol. The van der Waals surface area contributed by atoms with Crippen LogP contribution in [0.4, 0.5) is 26.3 Å². The van der Waals surface area contributed by atoms with Gasteiger partial charge in [0.1, 0.15) is 18.0 Å². The van der Waals surface area contributed by atoms with Gasteiger partial charge in [-0.1, -0.05) is 36.4 Å². The van der Waals surface area contributed by atoms with Crippen molar-refractivity contribution in [1.82, 2.24) is 19.7 Å². The molecule has 1 fully saturated rings. The van der Waals surface area contributed by atoms with Crippen LogP contribution in [-0.2, 0) is 23.7 Å². The van der Waals surface area contributed by atoms with Crippen LogP contribution in [0.3, 0.4) is 0 Å². The van der Waals surface area contributed by atoms with Gasteiger partial charge in [-0.3, -0.25) is 9.48 Å². The Morgan fingerprint density at radius 3 is 2.38 bits per heavy atom. The normalized spacial score (nSPS) is 15.0. The number of nitrogens with zero attached hydrogens (tertiary/aromatic N) is 4. The summed E-state index contributed by atoms with van der Waals surface area (Å²) < 4.78 is 84.1. The molecule has 0 saturated carbocycles. The second-order valence-corrected chi connectivity index (χ2v) is 10.1. The molecule has 0 unspecified atom stereocenters. The molecular weight excluding hydrogens is 562 g/mol. The van der Waals surface area contributed by atoms with E-state index in [-0.39, 0.29) is 35.4 Å². The maximum atomic E-state index is 13.2. The SMILES string of the molecule is O=C(Oc1cccc2ccccc12)c1csc(C2CCN(C(=O)Cn3nc(C(F)(F)F)cc3C(F)(F)F)CC2)n1. The van der Waals surface area contributed by atoms with Crippen molar-refractivity contribution in [2.75, 3.05) is 13.1 Å². The van der Waals surface area contributed by atoms with Crippen LogP contribution in [0.25, 0.3) is 10.8 Å². The molecule has 1 amide bonds. The predicted octanol–water partition coefficient (Wildman–Crippen LogP) is 6.16. The number of benzene rings is 2. The summed E-state index contributed by atoms with van der Waals surface area (Å²) in [5.74, 6) is -1.11. The fourth-order valence-corrected chi connectivity index (χ4v) is 5.47. The number of carbonyl (C=O) groups is 2. The van der Waals surface area contributed by atoms with Gasteiger partial charge >= 0.3 is 18.3 Å². The van der Waals surface area contributed by atoms with E-state index in [1.165, 1.54) is 16.2 Å². The van der Waals surface area contributed by atoms with E-state index >= 15 is 0 Å². The molecule has 0 atom stereocenters. The smallest absolute Gasteiger partial charge is 0.421 e. The number of aromatic nitrogens is 3. The van der Waals surface area contributed by atoms with Gasteiger partial charge in [0, 0.05) is 35.8 Å². The molecule has 1 aliphatic heterocycles. The number of fused-ring (bicyclic) bond motifs is 1. The number of piperidine rings is 1. The van der Waals surface area contributed by atoms with Gasteiger partial charge in [0.05, 0.1) is 5.01 Å². The number of amides is 1. The first-order chi connectivity index (χ1) is 18.9. The number of halogens is 6. The molecule has 1 saturated heterocycles. The van der Waals surface area contributed by atoms with Gasteiger partial charge in [0.25, 0.3) is 0 Å². The second kappa shape index (κ2) is 10.6. The number of hydrogen-bond acceptors (Lipinski definition) is 6. The number of carbonyl (C=O) groups excluding carboxylic acids is 2. The maximum Gasteiger partial charge on any atom is 0.435 e. The van der Waals surface area contributed by atoms with Gasteiger partial charge in [0.2, 0.25) is 5.91 Å². The number of thiazole rings is 1. The summed E-state index contributed by atoms with van der Waals surface area (Å²) in [5.41, 5.74) is -3.23. The lowest BCUT2D eigenvalue weighted by Crippen LogP contribution is -2.40. The Labute approximate surface area is 227 Å². The number of rotatable bonds is 5. The van der Waals surface area contributed by atoms with Gasteiger partial charge in [-0.2, -0.15) is 31.4 Å². The van der Waals surface area contributed by atoms with Gasteiger partial charge in [-0.05, 0) is 24.3 Å². The number of alkyl halides is 6. The minimum atomic E-state index is -5.11. The highest BCUT2D eigenvalue weighted by Gasteiger charge is 2.42. The molecule has 5 rings (SSSR count). The molecule has 0 aliphatic carbocycles. The molecule has 0 spiro atoms. The van der Waals surface area contributed by atoms with Crippen LogP contribution in [-0.4, -0.2) is 44.6 Å². The molecule has 2 aromatic heterocycles. The molecule has 14 heteroatoms. The Morgan fingerprint density at radius 2 is 1.68 bits per heavy atom. The molecule has 7 nitrogen and oxygen atoms in total. The molecular formula is C26H20F6N4O3S. The van der Waals surface area contributed by atoms with Crippen molar-refractivity contribution in [3.05, 3.63) is 76.0 Å². The first-order valence-corrected chi connectivity index (χ1v) is 12.9. The van der Waals surface area contributed by atoms with E-state index in [4.69, 9.17) is 4.74 Å². The minimum absolute atomic E-state index is 0.0475. The lowest BCUT2D eigenvalue weighted by atomic mass is 9.97. The fraction of sp³-hybridized carbons (Fsp3) is 0.308. The summed E-state index contributed by atoms with van der Waals surface area (Å²) in [6.07, 6.45) is -9.37. The Morgan fingerprint density at radius 1 is 0.975 bits per heavy atom. The van der Waals surface area contributed by atoms with Crippen LogP contribution in [0, 0.1) is 0 Å². The summed E-state index contributed by atoms with van der Waals surface area (Å²) >= 11 is 1.26. The zero-order valence-corrected chi connectivity index (χ0v) is 21.3. The zero-order valence-electron chi connectivity index (χ0n) is 20.5. The van der Waals surface area contributed by atoms with Crippen molar-refractivity contribution in [2.45, 2.75) is 37.7 Å². The number of ether oxygens (including phenoxy) is 1. The fourth-order valence-electron chi connectivity index (χ4n) is 4.51. The quantitative estimate of drug-likeness (QED) is 0.160. The van der Waals surface area contributed by atoms with Crippen molar-refractivity contribution in [2.24, 2.45) is 0 Å². The van der Waals surface area contributed by atoms with Crippen molar-refractivity contribution in [3.63, 3.8) is 0 Å². The van der Waals surface area contributed by atoms with E-state index in [2.05, 4.69) is 10.1 Å². The van der Waals surface area contributed by atoms with Crippen LogP contribution in [0.15, 0.2) is 53.9 Å². The van der Waals surface area contributed by atoms with Crippen molar-refractivity contribution < 1.29 is 40.7 Å². The minimum Gasteiger partial charge on any atom is -0.421 e. The van der Waals surface area contributed by atoms with Gasteiger partial charge < -0.3 is 9.64 Å². The Kier molecular flexibility index (Phi) is 7.29. The Balaban J connectivity index is 1.20. The van der Waals surface area contributed by atoms with E-state index in [0.29, 0.717) is 23.6 Å². The standard InChI is InChI=1S/C26H20F6N4O3S/c27-25(28,29)20-12-21(26(30,31)32)36(34-20)13-22(37)35-10-8-16(9-11-35)23-33-18(14-40-23)24(38)39-19-7-3-5-15-4-1-2-6-17(15)19/h1-7,12,14,16H,8-11,13H2. The molecule has 2 aromatic carbocycles. The summed E-state index contributed by atoms with van der Waals surface area (Å²) in [4.78, 5) is 31.1. The lowest BCUT2D eigenvalue weighted by Gasteiger charge is -2.31. The van der Waals surface area contributed by atoms with Crippen molar-refractivity contribution in [3.8, 4) is 5.75 Å². The molecule has 210 valence electrons. The second-order valence-electron chi connectivity index (χ2n) is 9.16. The van der Waals surface area contributed by atoms with Crippen LogP contribution in [0.1, 0.15) is 45.6 Å². The molecule has 4 aromatic rings. The topological polar surface area (TPSA) is 77.3 Å². The lowest BCUT2D eigenvalue weighted by molar-refractivity contribution is -0.146. The van der Waals surface area contributed by atoms with Crippen LogP contribution >= 0.6 is 11.3 Å². The Hall–Kier alpha value is -3.94. The average Bonchev–Trinajstić information content (AvgIpc) is 3.57. The van der Waals surface area contributed by atoms with Gasteiger partial charge in [-0.25, -0.2) is 9.78 Å². The summed E-state index contributed by atoms with van der Waals surface area (Å²) in [6.45, 7) is -0.655. The molecule has 0 N–H and O–H groups in total. The van der Waals surface area contributed by atoms with Crippen LogP contribution in [0.5, 0.6) is 5.75 Å². The Bertz CT molecular complexity index is 1550. The molecule has 1 aliphatic rings. The average molecular weight is 583 g/mol. The molecule has 0 bridgehead atoms. The van der Waals surface area contributed by atoms with E-state index in [0.717, 1.165) is 10.8 Å². The number of esters is 1. The van der Waals surface area contributed by atoms with Gasteiger partial charge in [-0.15, -0.1) is 11.3 Å².